The van der Waals surface area contributed by atoms with E-state index in [1.54, 1.807) is 29.9 Å². The lowest BCUT2D eigenvalue weighted by molar-refractivity contribution is -0.0458. The zero-order valence-electron chi connectivity index (χ0n) is 12.0. The summed E-state index contributed by atoms with van der Waals surface area (Å²) in [5.74, 6) is 0. The van der Waals surface area contributed by atoms with E-state index in [0.717, 1.165) is 0 Å². The number of aryl methyl sites for hydroxylation is 1. The van der Waals surface area contributed by atoms with Crippen LogP contribution in [0.3, 0.4) is 0 Å². The first kappa shape index (κ1) is 14.8. The monoisotopic (exact) mass is 307 g/mol. The van der Waals surface area contributed by atoms with E-state index in [9.17, 15) is 14.7 Å². The van der Waals surface area contributed by atoms with Crippen LogP contribution in [0.5, 0.6) is 0 Å². The fourth-order valence-electron chi connectivity index (χ4n) is 2.67. The van der Waals surface area contributed by atoms with Crippen LogP contribution in [0.1, 0.15) is 12.6 Å². The number of H-pyrrole nitrogens is 1. The molecule has 0 radical (unpaired) electrons. The van der Waals surface area contributed by atoms with E-state index in [1.807, 2.05) is 0 Å². The van der Waals surface area contributed by atoms with Crippen molar-refractivity contribution >= 4 is 0 Å². The highest BCUT2D eigenvalue weighted by molar-refractivity contribution is 5.57. The number of aromatic nitrogens is 3. The second-order valence-corrected chi connectivity index (χ2v) is 5.33. The van der Waals surface area contributed by atoms with Crippen molar-refractivity contribution in [1.29, 1.82) is 0 Å². The third kappa shape index (κ3) is 2.41. The number of ether oxygens (including phenoxy) is 1. The number of aromatic amines is 1. The van der Waals surface area contributed by atoms with Crippen molar-refractivity contribution in [2.75, 3.05) is 6.61 Å². The molecule has 8 heteroatoms. The molecule has 0 aromatic carbocycles. The second-order valence-electron chi connectivity index (χ2n) is 5.33. The lowest BCUT2D eigenvalue weighted by atomic mass is 10.2. The van der Waals surface area contributed by atoms with Gasteiger partial charge in [-0.1, -0.05) is 0 Å². The number of hydrogen-bond acceptors (Lipinski definition) is 5. The average Bonchev–Trinajstić information content (AvgIpc) is 3.05. The van der Waals surface area contributed by atoms with Crippen LogP contribution in [0.25, 0.3) is 11.3 Å². The lowest BCUT2D eigenvalue weighted by Crippen LogP contribution is -2.33. The number of aliphatic hydroxyl groups is 2. The first-order valence-electron chi connectivity index (χ1n) is 6.93. The molecule has 118 valence electrons. The van der Waals surface area contributed by atoms with Crippen LogP contribution in [-0.2, 0) is 11.8 Å². The fourth-order valence-corrected chi connectivity index (χ4v) is 2.67. The molecule has 3 heterocycles. The first-order chi connectivity index (χ1) is 10.5. The molecule has 3 rings (SSSR count). The Morgan fingerprint density at radius 1 is 1.45 bits per heavy atom. The van der Waals surface area contributed by atoms with Crippen molar-refractivity contribution in [2.24, 2.45) is 7.05 Å². The minimum Gasteiger partial charge on any atom is -0.394 e. The summed E-state index contributed by atoms with van der Waals surface area (Å²) in [7, 11) is 1.79. The molecular weight excluding hydrogens is 290 g/mol. The molecule has 0 bridgehead atoms. The van der Waals surface area contributed by atoms with Crippen molar-refractivity contribution in [3.05, 3.63) is 45.4 Å². The number of nitrogens with one attached hydrogen (secondary N) is 1. The van der Waals surface area contributed by atoms with E-state index < -0.39 is 29.7 Å². The highest BCUT2D eigenvalue weighted by Gasteiger charge is 2.35. The Hall–Kier alpha value is -2.16. The summed E-state index contributed by atoms with van der Waals surface area (Å²) in [6.45, 7) is -0.333. The summed E-state index contributed by atoms with van der Waals surface area (Å²) >= 11 is 0. The standard InChI is InChI=1S/C14H17N3O5/c1-16-4-2-3-9(16)8-6-17(14(21)15-13(8)20)12-5-10(19)11(7-18)22-12/h2-4,6,10-12,18-19H,5,7H2,1H3,(H,15,20,21)/t10-,11+,12+/m0/s1. The van der Waals surface area contributed by atoms with Crippen molar-refractivity contribution < 1.29 is 14.9 Å². The number of hydrogen-bond donors (Lipinski definition) is 3. The molecule has 0 saturated carbocycles. The molecule has 2 aromatic heterocycles. The maximum Gasteiger partial charge on any atom is 0.330 e. The topological polar surface area (TPSA) is 109 Å². The largest absolute Gasteiger partial charge is 0.394 e. The van der Waals surface area contributed by atoms with Crippen LogP contribution in [0.2, 0.25) is 0 Å². The van der Waals surface area contributed by atoms with Gasteiger partial charge in [0.05, 0.1) is 24.0 Å². The molecule has 1 aliphatic rings. The van der Waals surface area contributed by atoms with E-state index in [4.69, 9.17) is 9.84 Å². The van der Waals surface area contributed by atoms with Gasteiger partial charge in [-0.25, -0.2) is 4.79 Å². The predicted molar refractivity (Wildman–Crippen MR) is 77.3 cm³/mol. The minimum absolute atomic E-state index is 0.170. The molecule has 1 saturated heterocycles. The van der Waals surface area contributed by atoms with Crippen LogP contribution in [-0.4, -0.2) is 43.1 Å². The normalized spacial score (nSPS) is 24.8. The molecular formula is C14H17N3O5. The van der Waals surface area contributed by atoms with Gasteiger partial charge in [0.2, 0.25) is 0 Å². The molecule has 0 aliphatic carbocycles. The average molecular weight is 307 g/mol. The number of rotatable bonds is 3. The van der Waals surface area contributed by atoms with E-state index in [0.29, 0.717) is 11.3 Å². The molecule has 2 aromatic rings. The third-order valence-corrected chi connectivity index (χ3v) is 3.88. The highest BCUT2D eigenvalue weighted by Crippen LogP contribution is 2.28. The van der Waals surface area contributed by atoms with Gasteiger partial charge in [0.1, 0.15) is 12.3 Å². The van der Waals surface area contributed by atoms with Gasteiger partial charge in [0.25, 0.3) is 5.56 Å². The van der Waals surface area contributed by atoms with E-state index in [2.05, 4.69) is 4.98 Å². The van der Waals surface area contributed by atoms with Gasteiger partial charge in [-0.3, -0.25) is 14.3 Å². The Morgan fingerprint density at radius 3 is 2.82 bits per heavy atom. The fraction of sp³-hybridized carbons (Fsp3) is 0.429. The summed E-state index contributed by atoms with van der Waals surface area (Å²) in [5.41, 5.74) is -0.107. The summed E-state index contributed by atoms with van der Waals surface area (Å²) in [5, 5.41) is 18.9. The van der Waals surface area contributed by atoms with Gasteiger partial charge in [0.15, 0.2) is 0 Å². The maximum absolute atomic E-state index is 12.0. The Kier molecular flexibility index (Phi) is 3.73. The first-order valence-corrected chi connectivity index (χ1v) is 6.93. The number of nitrogens with zero attached hydrogens (tertiary/aromatic N) is 2. The van der Waals surface area contributed by atoms with Crippen molar-refractivity contribution in [3.8, 4) is 11.3 Å². The zero-order valence-corrected chi connectivity index (χ0v) is 12.0. The summed E-state index contributed by atoms with van der Waals surface area (Å²) in [4.78, 5) is 26.3. The van der Waals surface area contributed by atoms with E-state index in [1.165, 1.54) is 10.8 Å². The summed E-state index contributed by atoms with van der Waals surface area (Å²) < 4.78 is 8.47. The van der Waals surface area contributed by atoms with Crippen molar-refractivity contribution in [1.82, 2.24) is 14.1 Å². The molecule has 1 fully saturated rings. The third-order valence-electron chi connectivity index (χ3n) is 3.88. The molecule has 0 amide bonds. The molecule has 3 N–H and O–H groups in total. The molecule has 0 unspecified atom stereocenters. The lowest BCUT2D eigenvalue weighted by Gasteiger charge is -2.15. The van der Waals surface area contributed by atoms with E-state index >= 15 is 0 Å². The van der Waals surface area contributed by atoms with Gasteiger partial charge in [0, 0.05) is 25.9 Å². The molecule has 1 aliphatic heterocycles. The Morgan fingerprint density at radius 2 is 2.23 bits per heavy atom. The van der Waals surface area contributed by atoms with Crippen LogP contribution >= 0.6 is 0 Å². The van der Waals surface area contributed by atoms with Crippen molar-refractivity contribution in [2.45, 2.75) is 24.9 Å². The van der Waals surface area contributed by atoms with Gasteiger partial charge < -0.3 is 19.5 Å². The Balaban J connectivity index is 2.05. The SMILES string of the molecule is Cn1cccc1-c1cn([C@H]2C[C@H](O)[C@@H](CO)O2)c(=O)[nH]c1=O. The minimum atomic E-state index is -0.854. The van der Waals surface area contributed by atoms with Gasteiger partial charge in [-0.2, -0.15) is 0 Å². The number of aliphatic hydroxyl groups excluding tert-OH is 2. The molecule has 8 nitrogen and oxygen atoms in total. The smallest absolute Gasteiger partial charge is 0.330 e. The van der Waals surface area contributed by atoms with Crippen LogP contribution < -0.4 is 11.2 Å². The highest BCUT2D eigenvalue weighted by atomic mass is 16.5. The quantitative estimate of drug-likeness (QED) is 0.686. The molecule has 3 atom stereocenters. The van der Waals surface area contributed by atoms with E-state index in [-0.39, 0.29) is 13.0 Å². The second kappa shape index (κ2) is 5.56. The Bertz CT molecular complexity index is 790. The van der Waals surface area contributed by atoms with Crippen LogP contribution in [0.15, 0.2) is 34.1 Å². The van der Waals surface area contributed by atoms with Crippen LogP contribution in [0, 0.1) is 0 Å². The summed E-state index contributed by atoms with van der Waals surface area (Å²) in [6.07, 6.45) is 1.07. The predicted octanol–water partition coefficient (Wildman–Crippen LogP) is -0.817. The Labute approximate surface area is 125 Å². The zero-order chi connectivity index (χ0) is 15.9. The van der Waals surface area contributed by atoms with Gasteiger partial charge in [-0.15, -0.1) is 0 Å². The molecule has 22 heavy (non-hydrogen) atoms. The van der Waals surface area contributed by atoms with Crippen LogP contribution in [0.4, 0.5) is 0 Å². The van der Waals surface area contributed by atoms with Gasteiger partial charge >= 0.3 is 5.69 Å². The maximum atomic E-state index is 12.0. The van der Waals surface area contributed by atoms with Gasteiger partial charge in [-0.05, 0) is 12.1 Å². The molecule has 0 spiro atoms. The van der Waals surface area contributed by atoms with Crippen molar-refractivity contribution in [3.63, 3.8) is 0 Å². The summed E-state index contributed by atoms with van der Waals surface area (Å²) in [6, 6.07) is 3.56.